The molecule has 18 heavy (non-hydrogen) atoms. The Labute approximate surface area is 105 Å². The van der Waals surface area contributed by atoms with E-state index in [9.17, 15) is 4.79 Å². The van der Waals surface area contributed by atoms with Crippen LogP contribution >= 0.6 is 0 Å². The number of methoxy groups -OCH3 is 1. The van der Waals surface area contributed by atoms with Crippen molar-refractivity contribution in [3.63, 3.8) is 0 Å². The van der Waals surface area contributed by atoms with E-state index in [2.05, 4.69) is 0 Å². The SMILES string of the molecule is COC(=O)C1(N)CC1c1ccc2c(c1)OCCO2. The van der Waals surface area contributed by atoms with E-state index < -0.39 is 5.54 Å². The Morgan fingerprint density at radius 1 is 1.39 bits per heavy atom. The monoisotopic (exact) mass is 249 g/mol. The van der Waals surface area contributed by atoms with Crippen LogP contribution in [0.25, 0.3) is 0 Å². The number of ether oxygens (including phenoxy) is 3. The molecule has 1 aromatic carbocycles. The topological polar surface area (TPSA) is 70.8 Å². The lowest BCUT2D eigenvalue weighted by molar-refractivity contribution is -0.143. The Balaban J connectivity index is 1.85. The summed E-state index contributed by atoms with van der Waals surface area (Å²) in [6.07, 6.45) is 0.610. The van der Waals surface area contributed by atoms with Gasteiger partial charge in [0.25, 0.3) is 0 Å². The van der Waals surface area contributed by atoms with Gasteiger partial charge in [-0.25, -0.2) is 0 Å². The van der Waals surface area contributed by atoms with E-state index in [0.29, 0.717) is 19.6 Å². The van der Waals surface area contributed by atoms with E-state index >= 15 is 0 Å². The summed E-state index contributed by atoms with van der Waals surface area (Å²) in [4.78, 5) is 11.6. The van der Waals surface area contributed by atoms with Gasteiger partial charge in [-0.1, -0.05) is 6.07 Å². The zero-order valence-corrected chi connectivity index (χ0v) is 10.1. The first-order valence-electron chi connectivity index (χ1n) is 5.92. The average Bonchev–Trinajstić information content (AvgIpc) is 3.11. The number of hydrogen-bond acceptors (Lipinski definition) is 5. The van der Waals surface area contributed by atoms with Crippen molar-refractivity contribution in [2.75, 3.05) is 20.3 Å². The van der Waals surface area contributed by atoms with Gasteiger partial charge in [0.2, 0.25) is 0 Å². The molecule has 0 bridgehead atoms. The summed E-state index contributed by atoms with van der Waals surface area (Å²) in [5, 5.41) is 0. The average molecular weight is 249 g/mol. The standard InChI is InChI=1S/C13H15NO4/c1-16-12(15)13(14)7-9(13)8-2-3-10-11(6-8)18-5-4-17-10/h2-3,6,9H,4-5,7,14H2,1H3. The molecule has 1 heterocycles. The van der Waals surface area contributed by atoms with Crippen molar-refractivity contribution < 1.29 is 19.0 Å². The van der Waals surface area contributed by atoms with Crippen molar-refractivity contribution in [2.24, 2.45) is 5.73 Å². The molecule has 0 saturated heterocycles. The van der Waals surface area contributed by atoms with Gasteiger partial charge in [-0.15, -0.1) is 0 Å². The quantitative estimate of drug-likeness (QED) is 0.785. The first kappa shape index (κ1) is 11.3. The van der Waals surface area contributed by atoms with Crippen molar-refractivity contribution in [3.8, 4) is 11.5 Å². The number of esters is 1. The molecule has 2 N–H and O–H groups in total. The van der Waals surface area contributed by atoms with Crippen molar-refractivity contribution in [1.82, 2.24) is 0 Å². The Hall–Kier alpha value is -1.75. The van der Waals surface area contributed by atoms with E-state index in [0.717, 1.165) is 17.1 Å². The Bertz CT molecular complexity index is 502. The molecule has 3 rings (SSSR count). The summed E-state index contributed by atoms with van der Waals surface area (Å²) >= 11 is 0. The third-order valence-corrected chi connectivity index (χ3v) is 3.54. The minimum absolute atomic E-state index is 0.000719. The van der Waals surface area contributed by atoms with E-state index in [1.165, 1.54) is 7.11 Å². The molecule has 96 valence electrons. The summed E-state index contributed by atoms with van der Waals surface area (Å²) in [6, 6.07) is 5.69. The molecule has 1 saturated carbocycles. The number of benzene rings is 1. The fourth-order valence-corrected chi connectivity index (χ4v) is 2.39. The number of carbonyl (C=O) groups excluding carboxylic acids is 1. The van der Waals surface area contributed by atoms with Gasteiger partial charge in [0.1, 0.15) is 18.8 Å². The first-order chi connectivity index (χ1) is 8.65. The van der Waals surface area contributed by atoms with Crippen LogP contribution in [0.4, 0.5) is 0 Å². The maximum absolute atomic E-state index is 11.6. The minimum atomic E-state index is -0.876. The smallest absolute Gasteiger partial charge is 0.326 e. The Kier molecular flexibility index (Phi) is 2.45. The third kappa shape index (κ3) is 1.62. The lowest BCUT2D eigenvalue weighted by Crippen LogP contribution is -2.35. The van der Waals surface area contributed by atoms with Gasteiger partial charge in [-0.2, -0.15) is 0 Å². The zero-order chi connectivity index (χ0) is 12.8. The van der Waals surface area contributed by atoms with Crippen LogP contribution in [-0.4, -0.2) is 31.8 Å². The predicted molar refractivity (Wildman–Crippen MR) is 63.7 cm³/mol. The van der Waals surface area contributed by atoms with Crippen LogP contribution in [0.1, 0.15) is 17.9 Å². The highest BCUT2D eigenvalue weighted by molar-refractivity contribution is 5.86. The second-order valence-corrected chi connectivity index (χ2v) is 4.69. The molecule has 0 aromatic heterocycles. The number of fused-ring (bicyclic) bond motifs is 1. The highest BCUT2D eigenvalue weighted by Crippen LogP contribution is 2.51. The van der Waals surface area contributed by atoms with Crippen molar-refractivity contribution in [3.05, 3.63) is 23.8 Å². The lowest BCUT2D eigenvalue weighted by Gasteiger charge is -2.19. The summed E-state index contributed by atoms with van der Waals surface area (Å²) in [5.74, 6) is 1.10. The number of nitrogens with two attached hydrogens (primary N) is 1. The molecular weight excluding hydrogens is 234 g/mol. The normalized spacial score (nSPS) is 28.7. The number of hydrogen-bond donors (Lipinski definition) is 1. The van der Waals surface area contributed by atoms with E-state index in [4.69, 9.17) is 19.9 Å². The molecule has 0 amide bonds. The molecule has 5 heteroatoms. The molecule has 1 aliphatic carbocycles. The van der Waals surface area contributed by atoms with Gasteiger partial charge in [0, 0.05) is 5.92 Å². The fourth-order valence-electron chi connectivity index (χ4n) is 2.39. The minimum Gasteiger partial charge on any atom is -0.486 e. The van der Waals surface area contributed by atoms with Crippen LogP contribution in [0, 0.1) is 0 Å². The van der Waals surface area contributed by atoms with Crippen LogP contribution in [0.2, 0.25) is 0 Å². The van der Waals surface area contributed by atoms with Crippen LogP contribution in [0.15, 0.2) is 18.2 Å². The van der Waals surface area contributed by atoms with Gasteiger partial charge in [-0.05, 0) is 24.1 Å². The number of rotatable bonds is 2. The van der Waals surface area contributed by atoms with Gasteiger partial charge < -0.3 is 19.9 Å². The summed E-state index contributed by atoms with van der Waals surface area (Å²) in [6.45, 7) is 1.12. The van der Waals surface area contributed by atoms with Gasteiger partial charge in [0.05, 0.1) is 7.11 Å². The van der Waals surface area contributed by atoms with Gasteiger partial charge >= 0.3 is 5.97 Å². The molecule has 2 atom stereocenters. The molecule has 2 aliphatic rings. The number of carbonyl (C=O) groups is 1. The van der Waals surface area contributed by atoms with E-state index in [1.807, 2.05) is 18.2 Å². The highest BCUT2D eigenvalue weighted by atomic mass is 16.6. The zero-order valence-electron chi connectivity index (χ0n) is 10.1. The second kappa shape index (κ2) is 3.88. The van der Waals surface area contributed by atoms with Crippen LogP contribution in [0.3, 0.4) is 0 Å². The molecule has 1 fully saturated rings. The highest BCUT2D eigenvalue weighted by Gasteiger charge is 2.59. The van der Waals surface area contributed by atoms with Crippen molar-refractivity contribution >= 4 is 5.97 Å². The molecule has 2 unspecified atom stereocenters. The largest absolute Gasteiger partial charge is 0.486 e. The summed E-state index contributed by atoms with van der Waals surface area (Å²) < 4.78 is 15.7. The maximum atomic E-state index is 11.6. The van der Waals surface area contributed by atoms with Crippen LogP contribution in [0.5, 0.6) is 11.5 Å². The molecular formula is C13H15NO4. The summed E-state index contributed by atoms with van der Waals surface area (Å²) in [5.41, 5.74) is 6.12. The third-order valence-electron chi connectivity index (χ3n) is 3.54. The lowest BCUT2D eigenvalue weighted by atomic mass is 10.1. The van der Waals surface area contributed by atoms with Gasteiger partial charge in [0.15, 0.2) is 11.5 Å². The molecule has 1 aromatic rings. The maximum Gasteiger partial charge on any atom is 0.326 e. The van der Waals surface area contributed by atoms with E-state index in [-0.39, 0.29) is 11.9 Å². The van der Waals surface area contributed by atoms with Gasteiger partial charge in [-0.3, -0.25) is 4.79 Å². The van der Waals surface area contributed by atoms with Crippen molar-refractivity contribution in [1.29, 1.82) is 0 Å². The molecule has 0 spiro atoms. The van der Waals surface area contributed by atoms with Crippen molar-refractivity contribution in [2.45, 2.75) is 17.9 Å². The second-order valence-electron chi connectivity index (χ2n) is 4.69. The molecule has 5 nitrogen and oxygen atoms in total. The molecule has 1 aliphatic heterocycles. The fraction of sp³-hybridized carbons (Fsp3) is 0.462. The molecule has 0 radical (unpaired) electrons. The Morgan fingerprint density at radius 3 is 2.83 bits per heavy atom. The van der Waals surface area contributed by atoms with Crippen LogP contribution < -0.4 is 15.2 Å². The Morgan fingerprint density at radius 2 is 2.11 bits per heavy atom. The van der Waals surface area contributed by atoms with E-state index in [1.54, 1.807) is 0 Å². The van der Waals surface area contributed by atoms with Crippen LogP contribution in [-0.2, 0) is 9.53 Å². The predicted octanol–water partition coefficient (Wildman–Crippen LogP) is 0.816. The first-order valence-corrected chi connectivity index (χ1v) is 5.92. The summed E-state index contributed by atoms with van der Waals surface area (Å²) in [7, 11) is 1.36.